The van der Waals surface area contributed by atoms with Gasteiger partial charge in [-0.3, -0.25) is 0 Å². The third-order valence-corrected chi connectivity index (χ3v) is 8.01. The van der Waals surface area contributed by atoms with Crippen molar-refractivity contribution in [2.75, 3.05) is 0 Å². The Morgan fingerprint density at radius 1 is 0.500 bits per heavy atom. The average Bonchev–Trinajstić information content (AvgIpc) is 2.91. The second kappa shape index (κ2) is 8.03. The van der Waals surface area contributed by atoms with Crippen LogP contribution in [-0.2, 0) is 0 Å². The van der Waals surface area contributed by atoms with Crippen LogP contribution in [0.3, 0.4) is 0 Å². The van der Waals surface area contributed by atoms with Crippen LogP contribution in [0.15, 0.2) is 109 Å². The summed E-state index contributed by atoms with van der Waals surface area (Å²) in [6.45, 7) is 4.34. The van der Waals surface area contributed by atoms with Crippen LogP contribution in [0.1, 0.15) is 45.5 Å². The van der Waals surface area contributed by atoms with Crippen molar-refractivity contribution >= 4 is 32.3 Å². The molecule has 1 aliphatic rings. The Morgan fingerprint density at radius 2 is 0.944 bits per heavy atom. The minimum Gasteiger partial charge on any atom is -0.312 e. The van der Waals surface area contributed by atoms with Crippen molar-refractivity contribution in [1.29, 1.82) is 0 Å². The van der Waals surface area contributed by atoms with Gasteiger partial charge in [0, 0.05) is 0 Å². The quantitative estimate of drug-likeness (QED) is 0.277. The first-order valence-electron chi connectivity index (χ1n) is 12.6. The second-order valence-corrected chi connectivity index (χ2v) is 10.0. The Balaban J connectivity index is 1.62. The summed E-state index contributed by atoms with van der Waals surface area (Å²) in [5.41, 5.74) is 7.04. The molecule has 0 spiro atoms. The summed E-state index contributed by atoms with van der Waals surface area (Å²) in [6, 6.07) is 38.1. The minimum absolute atomic E-state index is 0.293. The zero-order chi connectivity index (χ0) is 24.4. The van der Waals surface area contributed by atoms with Crippen molar-refractivity contribution < 1.29 is 5.21 Å². The summed E-state index contributed by atoms with van der Waals surface area (Å²) < 4.78 is 0. The molecule has 36 heavy (non-hydrogen) atoms. The molecule has 0 bridgehead atoms. The highest BCUT2D eigenvalue weighted by Crippen LogP contribution is 2.51. The summed E-state index contributed by atoms with van der Waals surface area (Å²) in [5.74, 6) is 0. The molecule has 0 radical (unpaired) electrons. The summed E-state index contributed by atoms with van der Waals surface area (Å²) in [4.78, 5) is 0. The van der Waals surface area contributed by atoms with Gasteiger partial charge in [-0.05, 0) is 79.5 Å². The molecule has 2 nitrogen and oxygen atoms in total. The van der Waals surface area contributed by atoms with Gasteiger partial charge < -0.3 is 5.21 Å². The highest BCUT2D eigenvalue weighted by Gasteiger charge is 2.40. The molecule has 0 saturated carbocycles. The van der Waals surface area contributed by atoms with Gasteiger partial charge in [0.05, 0.1) is 12.1 Å². The molecule has 0 fully saturated rings. The van der Waals surface area contributed by atoms with Crippen LogP contribution in [0.4, 0.5) is 0 Å². The summed E-state index contributed by atoms with van der Waals surface area (Å²) >= 11 is 0. The molecule has 1 N–H and O–H groups in total. The van der Waals surface area contributed by atoms with Gasteiger partial charge in [-0.25, -0.2) is 0 Å². The summed E-state index contributed by atoms with van der Waals surface area (Å²) in [7, 11) is 0. The lowest BCUT2D eigenvalue weighted by molar-refractivity contribution is -0.144. The Kier molecular flexibility index (Phi) is 4.75. The van der Waals surface area contributed by atoms with Gasteiger partial charge in [0.15, 0.2) is 0 Å². The molecule has 0 aromatic heterocycles. The fourth-order valence-corrected chi connectivity index (χ4v) is 6.37. The first-order valence-corrected chi connectivity index (χ1v) is 12.6. The lowest BCUT2D eigenvalue weighted by atomic mass is 9.77. The van der Waals surface area contributed by atoms with E-state index in [1.54, 1.807) is 5.06 Å². The number of fused-ring (bicyclic) bond motifs is 2. The van der Waals surface area contributed by atoms with Crippen LogP contribution in [0.5, 0.6) is 0 Å². The second-order valence-electron chi connectivity index (χ2n) is 10.0. The largest absolute Gasteiger partial charge is 0.312 e. The van der Waals surface area contributed by atoms with Gasteiger partial charge in [0.25, 0.3) is 0 Å². The van der Waals surface area contributed by atoms with Crippen molar-refractivity contribution in [1.82, 2.24) is 5.06 Å². The van der Waals surface area contributed by atoms with E-state index in [4.69, 9.17) is 0 Å². The van der Waals surface area contributed by atoms with E-state index in [0.717, 1.165) is 11.1 Å². The molecule has 174 valence electrons. The van der Waals surface area contributed by atoms with E-state index in [1.165, 1.54) is 54.6 Å². The molecule has 2 atom stereocenters. The highest BCUT2D eigenvalue weighted by atomic mass is 16.5. The standard InChI is InChI=1S/C34H27NO/c1-21-17-19-25-20-18-22(2)31-32(25)30(21)33(28-15-7-11-23-9-3-5-13-26(23)28)35(36)34(31)29-16-8-12-24-10-4-6-14-27(24)29/h3-20,33-34,36H,1-2H3. The molecule has 0 amide bonds. The van der Waals surface area contributed by atoms with Gasteiger partial charge in [0.2, 0.25) is 0 Å². The molecular weight excluding hydrogens is 438 g/mol. The zero-order valence-corrected chi connectivity index (χ0v) is 20.4. The van der Waals surface area contributed by atoms with E-state index >= 15 is 0 Å². The maximum Gasteiger partial charge on any atom is 0.0875 e. The maximum atomic E-state index is 12.3. The van der Waals surface area contributed by atoms with Crippen LogP contribution in [0.25, 0.3) is 32.3 Å². The molecule has 6 aromatic rings. The third kappa shape index (κ3) is 2.99. The normalized spacial score (nSPS) is 17.8. The topological polar surface area (TPSA) is 23.5 Å². The van der Waals surface area contributed by atoms with Crippen molar-refractivity contribution in [3.63, 3.8) is 0 Å². The third-order valence-electron chi connectivity index (χ3n) is 8.01. The molecule has 1 aliphatic heterocycles. The number of hydrogen-bond donors (Lipinski definition) is 1. The van der Waals surface area contributed by atoms with Crippen LogP contribution >= 0.6 is 0 Å². The first-order chi connectivity index (χ1) is 17.6. The zero-order valence-electron chi connectivity index (χ0n) is 20.4. The Hall–Kier alpha value is -3.98. The maximum absolute atomic E-state index is 12.3. The number of hydrogen-bond acceptors (Lipinski definition) is 2. The average molecular weight is 466 g/mol. The number of aryl methyl sites for hydroxylation is 2. The first kappa shape index (κ1) is 21.3. The van der Waals surface area contributed by atoms with Crippen molar-refractivity contribution in [2.24, 2.45) is 0 Å². The number of benzene rings is 6. The van der Waals surface area contributed by atoms with Crippen molar-refractivity contribution in [2.45, 2.75) is 25.9 Å². The molecule has 7 rings (SSSR count). The van der Waals surface area contributed by atoms with Gasteiger partial charge in [-0.1, -0.05) is 109 Å². The number of hydroxylamine groups is 2. The Labute approximate surface area is 211 Å². The van der Waals surface area contributed by atoms with E-state index in [9.17, 15) is 5.21 Å². The monoisotopic (exact) mass is 465 g/mol. The van der Waals surface area contributed by atoms with Gasteiger partial charge in [-0.15, -0.1) is 0 Å². The van der Waals surface area contributed by atoms with Crippen molar-refractivity contribution in [3.05, 3.63) is 143 Å². The molecule has 2 heteroatoms. The van der Waals surface area contributed by atoms with Crippen LogP contribution in [0.2, 0.25) is 0 Å². The molecule has 0 saturated heterocycles. The van der Waals surface area contributed by atoms with Gasteiger partial charge >= 0.3 is 0 Å². The SMILES string of the molecule is Cc1ccc2ccc(C)c3c2c1C(c1cccc2ccccc12)N(O)C3c1cccc2ccccc12. The Morgan fingerprint density at radius 3 is 1.44 bits per heavy atom. The predicted octanol–water partition coefficient (Wildman–Crippen LogP) is 8.65. The molecule has 6 aromatic carbocycles. The van der Waals surface area contributed by atoms with E-state index in [0.29, 0.717) is 0 Å². The summed E-state index contributed by atoms with van der Waals surface area (Å²) in [6.07, 6.45) is 0. The van der Waals surface area contributed by atoms with Crippen LogP contribution < -0.4 is 0 Å². The van der Waals surface area contributed by atoms with E-state index in [1.807, 2.05) is 0 Å². The van der Waals surface area contributed by atoms with Gasteiger partial charge in [0.1, 0.15) is 0 Å². The van der Waals surface area contributed by atoms with Crippen LogP contribution in [-0.4, -0.2) is 10.3 Å². The predicted molar refractivity (Wildman–Crippen MR) is 149 cm³/mol. The summed E-state index contributed by atoms with van der Waals surface area (Å²) in [5, 5.41) is 21.2. The van der Waals surface area contributed by atoms with E-state index in [2.05, 4.69) is 123 Å². The highest BCUT2D eigenvalue weighted by molar-refractivity contribution is 5.96. The number of rotatable bonds is 2. The van der Waals surface area contributed by atoms with Crippen molar-refractivity contribution in [3.8, 4) is 0 Å². The minimum atomic E-state index is -0.293. The smallest absolute Gasteiger partial charge is 0.0875 e. The van der Waals surface area contributed by atoms with E-state index in [-0.39, 0.29) is 12.1 Å². The Bertz CT molecular complexity index is 1660. The fraction of sp³-hybridized carbons (Fsp3) is 0.118. The van der Waals surface area contributed by atoms with Crippen LogP contribution in [0, 0.1) is 13.8 Å². The fourth-order valence-electron chi connectivity index (χ4n) is 6.37. The lowest BCUT2D eigenvalue weighted by Gasteiger charge is -2.42. The molecular formula is C34H27NO. The van der Waals surface area contributed by atoms with E-state index < -0.39 is 0 Å². The molecule has 2 unspecified atom stereocenters. The van der Waals surface area contributed by atoms with Gasteiger partial charge in [-0.2, -0.15) is 5.06 Å². The number of nitrogens with zero attached hydrogens (tertiary/aromatic N) is 1. The lowest BCUT2D eigenvalue weighted by Crippen LogP contribution is -2.36. The molecule has 1 heterocycles. The molecule has 0 aliphatic carbocycles.